The maximum Gasteiger partial charge on any atom is 0.366 e. The Kier molecular flexibility index (Phi) is 6.71. The van der Waals surface area contributed by atoms with Gasteiger partial charge in [0, 0.05) is 0 Å². The van der Waals surface area contributed by atoms with Gasteiger partial charge in [0.25, 0.3) is 5.71 Å². The van der Waals surface area contributed by atoms with Gasteiger partial charge >= 0.3 is 11.9 Å². The lowest BCUT2D eigenvalue weighted by Gasteiger charge is -2.20. The highest BCUT2D eigenvalue weighted by Crippen LogP contribution is 2.25. The minimum absolute atomic E-state index is 0.133. The molecule has 0 spiro atoms. The minimum atomic E-state index is -0.821. The molecule has 0 N–H and O–H groups in total. The Hall–Kier alpha value is -3.15. The Morgan fingerprint density at radius 1 is 0.800 bits per heavy atom. The summed E-state index contributed by atoms with van der Waals surface area (Å²) in [6, 6.07) is 18.4. The van der Waals surface area contributed by atoms with Crippen LogP contribution in [-0.2, 0) is 19.1 Å². The smallest absolute Gasteiger partial charge is 0.366 e. The van der Waals surface area contributed by atoms with E-state index in [1.54, 1.807) is 13.8 Å². The van der Waals surface area contributed by atoms with Crippen LogP contribution in [0.15, 0.2) is 65.8 Å². The highest BCUT2D eigenvalue weighted by Gasteiger charge is 2.25. The first kappa shape index (κ1) is 18.2. The minimum Gasteiger partial charge on any atom is -0.461 e. The number of carbonyl (C=O) groups excluding carboxylic acids is 2. The zero-order valence-corrected chi connectivity index (χ0v) is 14.2. The van der Waals surface area contributed by atoms with Crippen molar-refractivity contribution in [1.29, 1.82) is 0 Å². The summed E-state index contributed by atoms with van der Waals surface area (Å²) in [7, 11) is 0. The van der Waals surface area contributed by atoms with Crippen molar-refractivity contribution in [3.8, 4) is 0 Å². The van der Waals surface area contributed by atoms with Crippen LogP contribution < -0.4 is 5.01 Å². The normalized spacial score (nSPS) is 9.84. The second-order valence-corrected chi connectivity index (χ2v) is 4.87. The second-order valence-electron chi connectivity index (χ2n) is 4.87. The number of benzene rings is 2. The number of hydrogen-bond donors (Lipinski definition) is 0. The second kappa shape index (κ2) is 9.22. The molecule has 2 rings (SSSR count). The molecule has 0 fully saturated rings. The molecule has 25 heavy (non-hydrogen) atoms. The number of anilines is 2. The van der Waals surface area contributed by atoms with Gasteiger partial charge in [0.1, 0.15) is 0 Å². The number of ether oxygens (including phenoxy) is 2. The molecule has 0 saturated carbocycles. The van der Waals surface area contributed by atoms with Crippen LogP contribution in [0.3, 0.4) is 0 Å². The molecule has 0 aromatic heterocycles. The van der Waals surface area contributed by atoms with Crippen molar-refractivity contribution in [2.75, 3.05) is 18.2 Å². The molecule has 130 valence electrons. The third-order valence-corrected chi connectivity index (χ3v) is 3.14. The highest BCUT2D eigenvalue weighted by molar-refractivity contribution is 6.62. The van der Waals surface area contributed by atoms with Gasteiger partial charge in [-0.1, -0.05) is 36.4 Å². The molecule has 0 amide bonds. The summed E-state index contributed by atoms with van der Waals surface area (Å²) in [4.78, 5) is 24.4. The van der Waals surface area contributed by atoms with Gasteiger partial charge in [-0.25, -0.2) is 14.6 Å². The number of nitrogens with zero attached hydrogens (tertiary/aromatic N) is 2. The molecule has 6 nitrogen and oxygen atoms in total. The molecule has 0 aliphatic carbocycles. The van der Waals surface area contributed by atoms with Gasteiger partial charge in [-0.15, -0.1) is 0 Å². The molecule has 0 saturated heterocycles. The summed E-state index contributed by atoms with van der Waals surface area (Å²) >= 11 is 0. The van der Waals surface area contributed by atoms with Gasteiger partial charge in [-0.2, -0.15) is 5.10 Å². The Morgan fingerprint density at radius 3 is 1.56 bits per heavy atom. The van der Waals surface area contributed by atoms with Gasteiger partial charge in [0.2, 0.25) is 0 Å². The van der Waals surface area contributed by atoms with E-state index in [0.29, 0.717) is 11.4 Å². The van der Waals surface area contributed by atoms with Crippen molar-refractivity contribution in [1.82, 2.24) is 0 Å². The summed E-state index contributed by atoms with van der Waals surface area (Å²) in [5.41, 5.74) is 0.982. The molecule has 0 aliphatic rings. The van der Waals surface area contributed by atoms with Gasteiger partial charge in [0.05, 0.1) is 24.6 Å². The van der Waals surface area contributed by atoms with Crippen molar-refractivity contribution in [2.45, 2.75) is 13.8 Å². The van der Waals surface area contributed by atoms with Crippen LogP contribution in [0.5, 0.6) is 0 Å². The van der Waals surface area contributed by atoms with Crippen molar-refractivity contribution in [3.63, 3.8) is 0 Å². The third-order valence-electron chi connectivity index (χ3n) is 3.14. The Morgan fingerprint density at radius 2 is 1.20 bits per heavy atom. The van der Waals surface area contributed by atoms with Crippen LogP contribution in [0.1, 0.15) is 13.8 Å². The summed E-state index contributed by atoms with van der Waals surface area (Å²) in [6.07, 6.45) is 0. The van der Waals surface area contributed by atoms with Gasteiger partial charge in [-0.3, -0.25) is 0 Å². The van der Waals surface area contributed by atoms with E-state index in [9.17, 15) is 9.59 Å². The lowest BCUT2D eigenvalue weighted by Crippen LogP contribution is -2.31. The molecule has 0 heterocycles. The monoisotopic (exact) mass is 340 g/mol. The molecule has 0 unspecified atom stereocenters. The predicted molar refractivity (Wildman–Crippen MR) is 95.7 cm³/mol. The van der Waals surface area contributed by atoms with Gasteiger partial charge in [-0.05, 0) is 38.1 Å². The highest BCUT2D eigenvalue weighted by atomic mass is 16.6. The maximum atomic E-state index is 12.2. The Balaban J connectivity index is 2.51. The van der Waals surface area contributed by atoms with E-state index in [1.807, 2.05) is 60.7 Å². The molecule has 0 atom stereocenters. The zero-order valence-electron chi connectivity index (χ0n) is 14.2. The number of hydrazone groups is 1. The van der Waals surface area contributed by atoms with E-state index in [4.69, 9.17) is 9.47 Å². The number of carbonyl (C=O) groups is 2. The van der Waals surface area contributed by atoms with Crippen molar-refractivity contribution in [2.24, 2.45) is 5.10 Å². The number of hydrogen-bond acceptors (Lipinski definition) is 6. The standard InChI is InChI=1S/C19H20N2O4/c1-3-24-18(22)17(19(23)25-4-2)20-21(15-11-7-5-8-12-15)16-13-9-6-10-14-16/h5-14H,3-4H2,1-2H3. The Bertz CT molecular complexity index is 670. The van der Waals surface area contributed by atoms with Crippen LogP contribution in [0, 0.1) is 0 Å². The van der Waals surface area contributed by atoms with E-state index in [0.717, 1.165) is 0 Å². The molecule has 0 bridgehead atoms. The number of esters is 2. The zero-order chi connectivity index (χ0) is 18.1. The van der Waals surface area contributed by atoms with Crippen LogP contribution in [0.2, 0.25) is 0 Å². The fraction of sp³-hybridized carbons (Fsp3) is 0.211. The predicted octanol–water partition coefficient (Wildman–Crippen LogP) is 3.31. The van der Waals surface area contributed by atoms with Crippen LogP contribution >= 0.6 is 0 Å². The first-order valence-electron chi connectivity index (χ1n) is 8.00. The van der Waals surface area contributed by atoms with E-state index in [2.05, 4.69) is 5.10 Å². The van der Waals surface area contributed by atoms with E-state index in [1.165, 1.54) is 5.01 Å². The third kappa shape index (κ3) is 4.91. The molecule has 2 aromatic rings. The fourth-order valence-corrected chi connectivity index (χ4v) is 2.07. The van der Waals surface area contributed by atoms with E-state index >= 15 is 0 Å². The van der Waals surface area contributed by atoms with Gasteiger partial charge < -0.3 is 9.47 Å². The number of para-hydroxylation sites is 2. The fourth-order valence-electron chi connectivity index (χ4n) is 2.07. The average Bonchev–Trinajstić information content (AvgIpc) is 2.64. The van der Waals surface area contributed by atoms with Crippen LogP contribution in [0.4, 0.5) is 11.4 Å². The van der Waals surface area contributed by atoms with Crippen molar-refractivity contribution >= 4 is 29.0 Å². The molecule has 0 aliphatic heterocycles. The summed E-state index contributed by atoms with van der Waals surface area (Å²) in [5, 5.41) is 5.76. The number of rotatable bonds is 7. The van der Waals surface area contributed by atoms with Crippen LogP contribution in [-0.4, -0.2) is 30.9 Å². The first-order valence-corrected chi connectivity index (χ1v) is 8.00. The van der Waals surface area contributed by atoms with Crippen molar-refractivity contribution < 1.29 is 19.1 Å². The molecule has 6 heteroatoms. The van der Waals surface area contributed by atoms with Crippen LogP contribution in [0.25, 0.3) is 0 Å². The molecular formula is C19H20N2O4. The molecule has 0 radical (unpaired) electrons. The van der Waals surface area contributed by atoms with E-state index in [-0.39, 0.29) is 13.2 Å². The topological polar surface area (TPSA) is 68.2 Å². The van der Waals surface area contributed by atoms with E-state index < -0.39 is 17.7 Å². The van der Waals surface area contributed by atoms with Gasteiger partial charge in [0.15, 0.2) is 0 Å². The van der Waals surface area contributed by atoms with Crippen molar-refractivity contribution in [3.05, 3.63) is 60.7 Å². The molecule has 2 aromatic carbocycles. The SMILES string of the molecule is CCOC(=O)C(=NN(c1ccccc1)c1ccccc1)C(=O)OCC. The summed E-state index contributed by atoms with van der Waals surface area (Å²) in [6.45, 7) is 3.58. The quantitative estimate of drug-likeness (QED) is 0.335. The summed E-state index contributed by atoms with van der Waals surface area (Å²) < 4.78 is 9.89. The molecular weight excluding hydrogens is 320 g/mol. The largest absolute Gasteiger partial charge is 0.461 e. The lowest BCUT2D eigenvalue weighted by molar-refractivity contribution is -0.140. The maximum absolute atomic E-state index is 12.2. The first-order chi connectivity index (χ1) is 12.2. The average molecular weight is 340 g/mol. The lowest BCUT2D eigenvalue weighted by atomic mass is 10.2. The summed E-state index contributed by atoms with van der Waals surface area (Å²) in [5.74, 6) is -1.64. The Labute approximate surface area is 146 Å².